The van der Waals surface area contributed by atoms with Gasteiger partial charge in [-0.1, -0.05) is 38.8 Å². The fourth-order valence-electron chi connectivity index (χ4n) is 3.40. The van der Waals surface area contributed by atoms with Crippen LogP contribution >= 0.6 is 0 Å². The summed E-state index contributed by atoms with van der Waals surface area (Å²) in [6.07, 6.45) is 4.29. The van der Waals surface area contributed by atoms with Crippen molar-refractivity contribution < 1.29 is 18.5 Å². The van der Waals surface area contributed by atoms with E-state index in [0.29, 0.717) is 24.4 Å². The Morgan fingerprint density at radius 2 is 1.92 bits per heavy atom. The highest BCUT2D eigenvalue weighted by Crippen LogP contribution is 2.29. The number of carbonyl (C=O) groups is 1. The van der Waals surface area contributed by atoms with Gasteiger partial charge in [-0.25, -0.2) is 13.6 Å². The molecule has 0 aliphatic heterocycles. The van der Waals surface area contributed by atoms with Gasteiger partial charge in [-0.15, -0.1) is 0 Å². The molecule has 1 aliphatic carbocycles. The van der Waals surface area contributed by atoms with Gasteiger partial charge >= 0.3 is 0 Å². The van der Waals surface area contributed by atoms with Crippen molar-refractivity contribution >= 4 is 15.9 Å². The Morgan fingerprint density at radius 3 is 2.56 bits per heavy atom. The molecule has 2 rings (SSSR count). The lowest BCUT2D eigenvalue weighted by atomic mass is 9.78. The lowest BCUT2D eigenvalue weighted by Gasteiger charge is -2.34. The molecule has 0 aromatic heterocycles. The maximum Gasteiger partial charge on any atom is 0.275 e. The Labute approximate surface area is 150 Å². The van der Waals surface area contributed by atoms with Crippen molar-refractivity contribution in [2.24, 2.45) is 17.0 Å². The summed E-state index contributed by atoms with van der Waals surface area (Å²) in [6, 6.07) is 6.86. The number of hydrogen-bond donors (Lipinski definition) is 3. The van der Waals surface area contributed by atoms with Gasteiger partial charge in [0, 0.05) is 12.5 Å². The molecule has 0 radical (unpaired) electrons. The summed E-state index contributed by atoms with van der Waals surface area (Å²) >= 11 is 0. The topological polar surface area (TPSA) is 106 Å². The molecule has 1 aromatic rings. The first-order valence-corrected chi connectivity index (χ1v) is 10.5. The number of sulfonamides is 1. The normalized spacial score (nSPS) is 24.0. The van der Waals surface area contributed by atoms with Crippen molar-refractivity contribution in [3.05, 3.63) is 29.8 Å². The van der Waals surface area contributed by atoms with E-state index in [4.69, 9.17) is 5.14 Å². The van der Waals surface area contributed by atoms with Crippen molar-refractivity contribution in [2.45, 2.75) is 50.5 Å². The summed E-state index contributed by atoms with van der Waals surface area (Å²) in [7, 11) is -3.64. The summed E-state index contributed by atoms with van der Waals surface area (Å²) in [5.74, 6) is 1.30. The minimum atomic E-state index is -3.64. The third-order valence-electron chi connectivity index (χ3n) is 5.27. The van der Waals surface area contributed by atoms with Crippen LogP contribution in [-0.2, 0) is 21.2 Å². The van der Waals surface area contributed by atoms with Crippen molar-refractivity contribution in [1.82, 2.24) is 5.32 Å². The molecule has 1 amide bonds. The molecule has 0 saturated heterocycles. The quantitative estimate of drug-likeness (QED) is 0.606. The predicted octanol–water partition coefficient (Wildman–Crippen LogP) is 0.381. The molecule has 7 heteroatoms. The van der Waals surface area contributed by atoms with Gasteiger partial charge in [-0.3, -0.25) is 4.79 Å². The molecule has 1 fully saturated rings. The maximum atomic E-state index is 12.1. The molecule has 1 aromatic carbocycles. The van der Waals surface area contributed by atoms with Gasteiger partial charge in [0.05, 0.1) is 11.4 Å². The average molecular weight is 369 g/mol. The van der Waals surface area contributed by atoms with Crippen LogP contribution in [0.4, 0.5) is 0 Å². The minimum absolute atomic E-state index is 0.0931. The Kier molecular flexibility index (Phi) is 6.98. The van der Waals surface area contributed by atoms with Gasteiger partial charge in [0.1, 0.15) is 0 Å². The Bertz CT molecular complexity index is 673. The van der Waals surface area contributed by atoms with Crippen LogP contribution in [0.1, 0.15) is 38.7 Å². The first-order chi connectivity index (χ1) is 11.8. The molecule has 25 heavy (non-hydrogen) atoms. The van der Waals surface area contributed by atoms with Gasteiger partial charge in [-0.2, -0.15) is 0 Å². The van der Waals surface area contributed by atoms with E-state index >= 15 is 0 Å². The molecule has 0 spiro atoms. The van der Waals surface area contributed by atoms with Crippen molar-refractivity contribution in [2.75, 3.05) is 13.1 Å². The molecule has 3 atom stereocenters. The largest absolute Gasteiger partial charge is 0.348 e. The fourth-order valence-corrected chi connectivity index (χ4v) is 3.91. The van der Waals surface area contributed by atoms with Crippen LogP contribution in [0.15, 0.2) is 29.2 Å². The molecule has 5 N–H and O–H groups in total. The zero-order chi connectivity index (χ0) is 18.4. The summed E-state index contributed by atoms with van der Waals surface area (Å²) in [5, 5.41) is 10.2. The van der Waals surface area contributed by atoms with E-state index in [-0.39, 0.29) is 10.8 Å². The third kappa shape index (κ3) is 6.09. The Balaban J connectivity index is 1.69. The number of hydrogen-bond acceptors (Lipinski definition) is 3. The Hall–Kier alpha value is -1.44. The van der Waals surface area contributed by atoms with E-state index in [1.54, 1.807) is 12.1 Å². The number of amides is 1. The molecule has 0 bridgehead atoms. The number of quaternary nitrogens is 1. The van der Waals surface area contributed by atoms with Gasteiger partial charge < -0.3 is 10.6 Å². The fraction of sp³-hybridized carbons (Fsp3) is 0.611. The highest BCUT2D eigenvalue weighted by molar-refractivity contribution is 7.89. The summed E-state index contributed by atoms with van der Waals surface area (Å²) in [5.41, 5.74) is 1.03. The van der Waals surface area contributed by atoms with Crippen LogP contribution in [0.3, 0.4) is 0 Å². The summed E-state index contributed by atoms with van der Waals surface area (Å²) in [4.78, 5) is 12.2. The zero-order valence-electron chi connectivity index (χ0n) is 15.1. The van der Waals surface area contributed by atoms with Crippen LogP contribution < -0.4 is 15.8 Å². The zero-order valence-corrected chi connectivity index (χ0v) is 15.9. The number of nitrogens with two attached hydrogens (primary N) is 2. The van der Waals surface area contributed by atoms with Gasteiger partial charge in [0.25, 0.3) is 5.91 Å². The van der Waals surface area contributed by atoms with Gasteiger partial charge in [-0.05, 0) is 36.0 Å². The molecule has 1 aliphatic rings. The maximum absolute atomic E-state index is 12.1. The molecule has 0 heterocycles. The van der Waals surface area contributed by atoms with Crippen molar-refractivity contribution in [3.63, 3.8) is 0 Å². The van der Waals surface area contributed by atoms with Crippen LogP contribution in [0.25, 0.3) is 0 Å². The van der Waals surface area contributed by atoms with E-state index in [1.165, 1.54) is 25.0 Å². The van der Waals surface area contributed by atoms with E-state index < -0.39 is 10.0 Å². The highest BCUT2D eigenvalue weighted by atomic mass is 32.2. The molecule has 6 nitrogen and oxygen atoms in total. The monoisotopic (exact) mass is 368 g/mol. The van der Waals surface area contributed by atoms with Crippen LogP contribution in [-0.4, -0.2) is 33.5 Å². The Morgan fingerprint density at radius 1 is 1.24 bits per heavy atom. The van der Waals surface area contributed by atoms with Gasteiger partial charge in [0.15, 0.2) is 6.54 Å². The molecule has 1 saturated carbocycles. The SMILES string of the molecule is C[C@H]1[C@@H](C)CCC[C@H]1NC(=O)C[NH2+]CCc1ccc(S(N)(=O)=O)cc1. The highest BCUT2D eigenvalue weighted by Gasteiger charge is 2.28. The van der Waals surface area contributed by atoms with Crippen LogP contribution in [0.2, 0.25) is 0 Å². The average Bonchev–Trinajstić information content (AvgIpc) is 2.55. The molecule has 140 valence electrons. The number of carbonyl (C=O) groups excluding carboxylic acids is 1. The smallest absolute Gasteiger partial charge is 0.275 e. The molecule has 0 unspecified atom stereocenters. The number of benzene rings is 1. The standard InChI is InChI=1S/C18H29N3O3S/c1-13-4-3-5-17(14(13)2)21-18(22)12-20-11-10-15-6-8-16(9-7-15)25(19,23)24/h6-9,13-14,17,20H,3-5,10-12H2,1-2H3,(H,21,22)(H2,19,23,24)/p+1/t13-,14-,17+/m0/s1. The second-order valence-electron chi connectivity index (χ2n) is 7.16. The van der Waals surface area contributed by atoms with E-state index in [9.17, 15) is 13.2 Å². The van der Waals surface area contributed by atoms with E-state index in [1.807, 2.05) is 5.32 Å². The van der Waals surface area contributed by atoms with Crippen molar-refractivity contribution in [3.8, 4) is 0 Å². The summed E-state index contributed by atoms with van der Waals surface area (Å²) in [6.45, 7) is 5.69. The van der Waals surface area contributed by atoms with Crippen molar-refractivity contribution in [1.29, 1.82) is 0 Å². The van der Waals surface area contributed by atoms with E-state index in [0.717, 1.165) is 24.9 Å². The second kappa shape index (κ2) is 8.78. The lowest BCUT2D eigenvalue weighted by Crippen LogP contribution is -2.87. The third-order valence-corrected chi connectivity index (χ3v) is 6.20. The van der Waals surface area contributed by atoms with Crippen LogP contribution in [0, 0.1) is 11.8 Å². The minimum Gasteiger partial charge on any atom is -0.348 e. The first kappa shape index (κ1) is 19.9. The number of rotatable bonds is 7. The number of primary sulfonamides is 1. The lowest BCUT2D eigenvalue weighted by molar-refractivity contribution is -0.643. The number of nitrogens with one attached hydrogen (secondary N) is 1. The second-order valence-corrected chi connectivity index (χ2v) is 8.72. The molecular formula is C18H30N3O3S+. The van der Waals surface area contributed by atoms with E-state index in [2.05, 4.69) is 19.2 Å². The summed E-state index contributed by atoms with van der Waals surface area (Å²) < 4.78 is 22.4. The van der Waals surface area contributed by atoms with Crippen LogP contribution in [0.5, 0.6) is 0 Å². The first-order valence-electron chi connectivity index (χ1n) is 9.00. The molecular weight excluding hydrogens is 338 g/mol. The predicted molar refractivity (Wildman–Crippen MR) is 97.3 cm³/mol. The van der Waals surface area contributed by atoms with Gasteiger partial charge in [0.2, 0.25) is 10.0 Å².